The molecule has 0 aliphatic heterocycles. The van der Waals surface area contributed by atoms with Crippen molar-refractivity contribution >= 4 is 11.6 Å². The zero-order chi connectivity index (χ0) is 10.6. The number of benzene rings is 1. The summed E-state index contributed by atoms with van der Waals surface area (Å²) in [5.41, 5.74) is 6.61. The maximum absolute atomic E-state index is 9.86. The molecule has 0 saturated carbocycles. The Bertz CT molecular complexity index is 290. The minimum Gasteiger partial charge on any atom is -0.387 e. The van der Waals surface area contributed by atoms with E-state index in [2.05, 4.69) is 0 Å². The first-order valence-corrected chi connectivity index (χ1v) is 5.22. The van der Waals surface area contributed by atoms with Crippen LogP contribution in [0.5, 0.6) is 0 Å². The number of nitrogens with two attached hydrogens (primary N) is 1. The molecule has 2 atom stereocenters. The quantitative estimate of drug-likeness (QED) is 0.808. The molecule has 0 aliphatic rings. The van der Waals surface area contributed by atoms with E-state index >= 15 is 0 Å². The van der Waals surface area contributed by atoms with E-state index in [1.165, 1.54) is 0 Å². The Labute approximate surface area is 89.7 Å². The lowest BCUT2D eigenvalue weighted by Crippen LogP contribution is -2.27. The number of rotatable bonds is 4. The summed E-state index contributed by atoms with van der Waals surface area (Å²) in [4.78, 5) is 0. The number of aliphatic hydroxyl groups is 1. The maximum Gasteiger partial charge on any atom is 0.0941 e. The average Bonchev–Trinajstić information content (AvgIpc) is 2.17. The highest BCUT2D eigenvalue weighted by Crippen LogP contribution is 2.21. The van der Waals surface area contributed by atoms with Gasteiger partial charge < -0.3 is 10.8 Å². The summed E-state index contributed by atoms with van der Waals surface area (Å²) >= 11 is 5.82. The molecule has 0 aromatic heterocycles. The fourth-order valence-corrected chi connectivity index (χ4v) is 1.63. The third-order valence-electron chi connectivity index (χ3n) is 2.22. The van der Waals surface area contributed by atoms with Crippen molar-refractivity contribution < 1.29 is 5.11 Å². The van der Waals surface area contributed by atoms with Gasteiger partial charge in [0, 0.05) is 11.1 Å². The second-order valence-corrected chi connectivity index (χ2v) is 3.89. The summed E-state index contributed by atoms with van der Waals surface area (Å²) in [6, 6.07) is 6.98. The van der Waals surface area contributed by atoms with Gasteiger partial charge in [-0.2, -0.15) is 0 Å². The van der Waals surface area contributed by atoms with E-state index in [1.807, 2.05) is 19.1 Å². The van der Waals surface area contributed by atoms with E-state index in [-0.39, 0.29) is 6.04 Å². The Hall–Kier alpha value is -0.570. The van der Waals surface area contributed by atoms with E-state index in [4.69, 9.17) is 17.3 Å². The van der Waals surface area contributed by atoms with Crippen molar-refractivity contribution in [3.63, 3.8) is 0 Å². The first-order chi connectivity index (χ1) is 6.65. The van der Waals surface area contributed by atoms with Crippen molar-refractivity contribution in [2.24, 2.45) is 5.73 Å². The van der Waals surface area contributed by atoms with Crippen LogP contribution < -0.4 is 5.73 Å². The smallest absolute Gasteiger partial charge is 0.0941 e. The molecule has 2 unspecified atom stereocenters. The number of aliphatic hydroxyl groups excluding tert-OH is 1. The average molecular weight is 214 g/mol. The summed E-state index contributed by atoms with van der Waals surface area (Å²) in [6.07, 6.45) is 1.17. The van der Waals surface area contributed by atoms with Crippen LogP contribution in [0.4, 0.5) is 0 Å². The highest BCUT2D eigenvalue weighted by atomic mass is 35.5. The normalized spacial score (nSPS) is 15.1. The molecular formula is C11H16ClNO. The van der Waals surface area contributed by atoms with Crippen LogP contribution in [0.1, 0.15) is 31.4 Å². The van der Waals surface area contributed by atoms with Crippen LogP contribution in [-0.4, -0.2) is 11.1 Å². The van der Waals surface area contributed by atoms with Crippen LogP contribution in [-0.2, 0) is 0 Å². The number of hydrogen-bond acceptors (Lipinski definition) is 2. The Kier molecular flexibility index (Phi) is 4.39. The number of hydrogen-bond donors (Lipinski definition) is 2. The minimum absolute atomic E-state index is 0.210. The third-order valence-corrected chi connectivity index (χ3v) is 2.45. The summed E-state index contributed by atoms with van der Waals surface area (Å²) in [6.45, 7) is 2.05. The molecule has 0 saturated heterocycles. The Morgan fingerprint density at radius 3 is 2.79 bits per heavy atom. The van der Waals surface area contributed by atoms with Gasteiger partial charge in [0.2, 0.25) is 0 Å². The van der Waals surface area contributed by atoms with Gasteiger partial charge in [0.05, 0.1) is 6.10 Å². The molecule has 14 heavy (non-hydrogen) atoms. The second-order valence-electron chi connectivity index (χ2n) is 3.45. The maximum atomic E-state index is 9.86. The minimum atomic E-state index is -0.617. The first kappa shape index (κ1) is 11.5. The summed E-state index contributed by atoms with van der Waals surface area (Å²) < 4.78 is 0. The van der Waals surface area contributed by atoms with E-state index in [1.54, 1.807) is 12.1 Å². The first-order valence-electron chi connectivity index (χ1n) is 4.84. The van der Waals surface area contributed by atoms with Crippen molar-refractivity contribution in [1.29, 1.82) is 0 Å². The lowest BCUT2D eigenvalue weighted by Gasteiger charge is -2.18. The van der Waals surface area contributed by atoms with Crippen molar-refractivity contribution in [1.82, 2.24) is 0 Å². The fourth-order valence-electron chi connectivity index (χ4n) is 1.43. The topological polar surface area (TPSA) is 46.2 Å². The molecule has 1 aromatic rings. The van der Waals surface area contributed by atoms with Crippen molar-refractivity contribution in [3.05, 3.63) is 34.9 Å². The van der Waals surface area contributed by atoms with Gasteiger partial charge in [-0.1, -0.05) is 37.1 Å². The van der Waals surface area contributed by atoms with Crippen LogP contribution in [0.15, 0.2) is 24.3 Å². The second kappa shape index (κ2) is 5.35. The highest BCUT2D eigenvalue weighted by Gasteiger charge is 2.15. The molecule has 0 aliphatic carbocycles. The fraction of sp³-hybridized carbons (Fsp3) is 0.455. The molecule has 3 heteroatoms. The standard InChI is InChI=1S/C11H16ClNO/c1-2-4-10(13)11(14)8-5-3-6-9(12)7-8/h3,5-7,10-11,14H,2,4,13H2,1H3. The van der Waals surface area contributed by atoms with Gasteiger partial charge in [-0.05, 0) is 24.1 Å². The molecule has 0 bridgehead atoms. The molecule has 1 rings (SSSR count). The SMILES string of the molecule is CCCC(N)C(O)c1cccc(Cl)c1. The molecule has 0 heterocycles. The van der Waals surface area contributed by atoms with Crippen LogP contribution in [0, 0.1) is 0 Å². The lowest BCUT2D eigenvalue weighted by atomic mass is 10.00. The van der Waals surface area contributed by atoms with Gasteiger partial charge >= 0.3 is 0 Å². The largest absolute Gasteiger partial charge is 0.387 e. The zero-order valence-electron chi connectivity index (χ0n) is 8.28. The van der Waals surface area contributed by atoms with Crippen molar-refractivity contribution in [2.75, 3.05) is 0 Å². The monoisotopic (exact) mass is 213 g/mol. The summed E-state index contributed by atoms with van der Waals surface area (Å²) in [7, 11) is 0. The Morgan fingerprint density at radius 1 is 1.50 bits per heavy atom. The molecule has 0 amide bonds. The van der Waals surface area contributed by atoms with E-state index in [0.717, 1.165) is 18.4 Å². The van der Waals surface area contributed by atoms with Crippen LogP contribution in [0.25, 0.3) is 0 Å². The lowest BCUT2D eigenvalue weighted by molar-refractivity contribution is 0.142. The van der Waals surface area contributed by atoms with Crippen molar-refractivity contribution in [3.8, 4) is 0 Å². The molecule has 2 nitrogen and oxygen atoms in total. The van der Waals surface area contributed by atoms with E-state index < -0.39 is 6.10 Å². The van der Waals surface area contributed by atoms with Gasteiger partial charge in [-0.3, -0.25) is 0 Å². The third kappa shape index (κ3) is 2.98. The van der Waals surface area contributed by atoms with Crippen molar-refractivity contribution in [2.45, 2.75) is 31.9 Å². The number of halogens is 1. The van der Waals surface area contributed by atoms with Gasteiger partial charge in [0.1, 0.15) is 0 Å². The zero-order valence-corrected chi connectivity index (χ0v) is 9.04. The molecular weight excluding hydrogens is 198 g/mol. The van der Waals surface area contributed by atoms with Crippen LogP contribution in [0.3, 0.4) is 0 Å². The molecule has 0 fully saturated rings. The van der Waals surface area contributed by atoms with Gasteiger partial charge in [-0.25, -0.2) is 0 Å². The van der Waals surface area contributed by atoms with Gasteiger partial charge in [0.15, 0.2) is 0 Å². The predicted molar refractivity (Wildman–Crippen MR) is 59.3 cm³/mol. The van der Waals surface area contributed by atoms with Crippen LogP contribution >= 0.6 is 11.6 Å². The molecule has 78 valence electrons. The van der Waals surface area contributed by atoms with Gasteiger partial charge in [0.25, 0.3) is 0 Å². The summed E-state index contributed by atoms with van der Waals surface area (Å²) in [5.74, 6) is 0. The highest BCUT2D eigenvalue weighted by molar-refractivity contribution is 6.30. The molecule has 1 aromatic carbocycles. The van der Waals surface area contributed by atoms with Crippen LogP contribution in [0.2, 0.25) is 5.02 Å². The Morgan fingerprint density at radius 2 is 2.21 bits per heavy atom. The Balaban J connectivity index is 2.73. The van der Waals surface area contributed by atoms with E-state index in [9.17, 15) is 5.11 Å². The van der Waals surface area contributed by atoms with E-state index in [0.29, 0.717) is 5.02 Å². The summed E-state index contributed by atoms with van der Waals surface area (Å²) in [5, 5.41) is 10.5. The molecule has 0 radical (unpaired) electrons. The van der Waals surface area contributed by atoms with Gasteiger partial charge in [-0.15, -0.1) is 0 Å². The molecule has 3 N–H and O–H groups in total. The molecule has 0 spiro atoms. The predicted octanol–water partition coefficient (Wildman–Crippen LogP) is 2.50.